The molecule has 2 aromatic carbocycles. The third-order valence-corrected chi connectivity index (χ3v) is 8.99. The summed E-state index contributed by atoms with van der Waals surface area (Å²) >= 11 is 1.49. The van der Waals surface area contributed by atoms with Crippen LogP contribution < -0.4 is 4.90 Å². The molecule has 0 bridgehead atoms. The standard InChI is InChI=1S/C27H38N4O3S2/c1-6-8-16-30(17-9-7-2)36(33,34)23-13-11-22(12-14-23)26(32)31(19-18-29(4)5)27-28-24-15-10-21(3)20-25(24)35-27/h10-15,20H,6-9,16-19H2,1-5H3. The second-order valence-electron chi connectivity index (χ2n) is 9.36. The highest BCUT2D eigenvalue weighted by Gasteiger charge is 2.25. The summed E-state index contributed by atoms with van der Waals surface area (Å²) in [5.41, 5.74) is 2.45. The largest absolute Gasteiger partial charge is 0.308 e. The first-order chi connectivity index (χ1) is 17.2. The van der Waals surface area contributed by atoms with Crippen LogP contribution in [-0.4, -0.2) is 68.8 Å². The van der Waals surface area contributed by atoms with Crippen LogP contribution in [0.5, 0.6) is 0 Å². The van der Waals surface area contributed by atoms with E-state index in [1.54, 1.807) is 33.5 Å². The number of nitrogens with zero attached hydrogens (tertiary/aromatic N) is 4. The maximum Gasteiger partial charge on any atom is 0.260 e. The van der Waals surface area contributed by atoms with Crippen molar-refractivity contribution < 1.29 is 13.2 Å². The van der Waals surface area contributed by atoms with Crippen molar-refractivity contribution >= 4 is 42.6 Å². The normalized spacial score (nSPS) is 12.1. The summed E-state index contributed by atoms with van der Waals surface area (Å²) in [4.78, 5) is 22.3. The number of carbonyl (C=O) groups excluding carboxylic acids is 1. The molecule has 0 unspecified atom stereocenters. The highest BCUT2D eigenvalue weighted by atomic mass is 32.2. The van der Waals surface area contributed by atoms with Crippen LogP contribution in [0.15, 0.2) is 47.4 Å². The summed E-state index contributed by atoms with van der Waals surface area (Å²) in [6, 6.07) is 12.4. The molecule has 0 saturated heterocycles. The lowest BCUT2D eigenvalue weighted by Crippen LogP contribution is -2.37. The van der Waals surface area contributed by atoms with Crippen molar-refractivity contribution in [1.82, 2.24) is 14.2 Å². The number of hydrogen-bond acceptors (Lipinski definition) is 6. The Hall–Kier alpha value is -2.33. The molecule has 0 saturated carbocycles. The van der Waals surface area contributed by atoms with E-state index in [-0.39, 0.29) is 10.8 Å². The van der Waals surface area contributed by atoms with E-state index in [4.69, 9.17) is 4.98 Å². The molecular formula is C27H38N4O3S2. The molecule has 0 aliphatic heterocycles. The number of anilines is 1. The molecule has 0 N–H and O–H groups in total. The average molecular weight is 531 g/mol. The highest BCUT2D eigenvalue weighted by molar-refractivity contribution is 7.89. The Morgan fingerprint density at radius 1 is 0.917 bits per heavy atom. The molecule has 196 valence electrons. The minimum Gasteiger partial charge on any atom is -0.308 e. The Morgan fingerprint density at radius 3 is 2.14 bits per heavy atom. The van der Waals surface area contributed by atoms with E-state index in [1.165, 1.54) is 11.3 Å². The topological polar surface area (TPSA) is 73.8 Å². The number of rotatable bonds is 13. The van der Waals surface area contributed by atoms with E-state index in [2.05, 4.69) is 19.9 Å². The summed E-state index contributed by atoms with van der Waals surface area (Å²) in [6.07, 6.45) is 3.50. The fourth-order valence-electron chi connectivity index (χ4n) is 3.81. The van der Waals surface area contributed by atoms with Gasteiger partial charge in [-0.15, -0.1) is 0 Å². The fourth-order valence-corrected chi connectivity index (χ4v) is 6.42. The second-order valence-corrected chi connectivity index (χ2v) is 12.3. The van der Waals surface area contributed by atoms with Crippen LogP contribution in [0, 0.1) is 6.92 Å². The lowest BCUT2D eigenvalue weighted by molar-refractivity contribution is 0.0985. The number of aryl methyl sites for hydroxylation is 1. The van der Waals surface area contributed by atoms with Crippen LogP contribution in [-0.2, 0) is 10.0 Å². The molecule has 0 spiro atoms. The van der Waals surface area contributed by atoms with Crippen molar-refractivity contribution in [3.8, 4) is 0 Å². The summed E-state index contributed by atoms with van der Waals surface area (Å²) in [7, 11) is 0.318. The van der Waals surface area contributed by atoms with E-state index >= 15 is 0 Å². The minimum absolute atomic E-state index is 0.189. The Labute approximate surface area is 219 Å². The van der Waals surface area contributed by atoms with Gasteiger partial charge in [-0.3, -0.25) is 9.69 Å². The van der Waals surface area contributed by atoms with E-state index in [0.717, 1.165) is 41.5 Å². The number of hydrogen-bond donors (Lipinski definition) is 0. The molecule has 9 heteroatoms. The molecule has 1 heterocycles. The molecular weight excluding hydrogens is 492 g/mol. The third-order valence-electron chi connectivity index (χ3n) is 6.04. The first-order valence-electron chi connectivity index (χ1n) is 12.6. The van der Waals surface area contributed by atoms with E-state index in [1.807, 2.05) is 38.1 Å². The molecule has 0 aliphatic carbocycles. The second kappa shape index (κ2) is 12.8. The van der Waals surface area contributed by atoms with Crippen LogP contribution in [0.1, 0.15) is 55.5 Å². The first-order valence-corrected chi connectivity index (χ1v) is 14.9. The Balaban J connectivity index is 1.89. The molecule has 0 atom stereocenters. The Morgan fingerprint density at radius 2 is 1.56 bits per heavy atom. The van der Waals surface area contributed by atoms with Gasteiger partial charge in [0.15, 0.2) is 5.13 Å². The third kappa shape index (κ3) is 6.91. The fraction of sp³-hybridized carbons (Fsp3) is 0.481. The molecule has 36 heavy (non-hydrogen) atoms. The molecule has 3 aromatic rings. The predicted molar refractivity (Wildman–Crippen MR) is 150 cm³/mol. The minimum atomic E-state index is -3.61. The van der Waals surface area contributed by atoms with E-state index in [9.17, 15) is 13.2 Å². The number of amides is 1. The summed E-state index contributed by atoms with van der Waals surface area (Å²) < 4.78 is 29.2. The first kappa shape index (κ1) is 28.2. The van der Waals surface area contributed by atoms with Gasteiger partial charge in [0.25, 0.3) is 5.91 Å². The predicted octanol–water partition coefficient (Wildman–Crippen LogP) is 5.40. The summed E-state index contributed by atoms with van der Waals surface area (Å²) in [6.45, 7) is 8.32. The van der Waals surface area contributed by atoms with Gasteiger partial charge in [-0.2, -0.15) is 4.31 Å². The number of unbranched alkanes of at least 4 members (excludes halogenated alkanes) is 2. The molecule has 1 aromatic heterocycles. The van der Waals surface area contributed by atoms with Gasteiger partial charge in [0.05, 0.1) is 15.1 Å². The van der Waals surface area contributed by atoms with Crippen LogP contribution in [0.3, 0.4) is 0 Å². The lowest BCUT2D eigenvalue weighted by atomic mass is 10.2. The lowest BCUT2D eigenvalue weighted by Gasteiger charge is -2.23. The van der Waals surface area contributed by atoms with Gasteiger partial charge >= 0.3 is 0 Å². The van der Waals surface area contributed by atoms with Crippen molar-refractivity contribution in [3.05, 3.63) is 53.6 Å². The molecule has 3 rings (SSSR count). The van der Waals surface area contributed by atoms with Gasteiger partial charge in [0, 0.05) is 31.7 Å². The van der Waals surface area contributed by atoms with Crippen LogP contribution in [0.4, 0.5) is 5.13 Å². The van der Waals surface area contributed by atoms with Gasteiger partial charge in [-0.05, 0) is 75.8 Å². The Bertz CT molecular complexity index is 1250. The van der Waals surface area contributed by atoms with Crippen molar-refractivity contribution in [3.63, 3.8) is 0 Å². The number of likely N-dealkylation sites (N-methyl/N-ethyl adjacent to an activating group) is 1. The van der Waals surface area contributed by atoms with Crippen molar-refractivity contribution in [2.75, 3.05) is 45.2 Å². The van der Waals surface area contributed by atoms with Crippen LogP contribution in [0.2, 0.25) is 0 Å². The number of thiazole rings is 1. The van der Waals surface area contributed by atoms with Crippen molar-refractivity contribution in [2.45, 2.75) is 51.3 Å². The number of fused-ring (bicyclic) bond motifs is 1. The zero-order chi connectivity index (χ0) is 26.3. The van der Waals surface area contributed by atoms with Crippen molar-refractivity contribution in [1.29, 1.82) is 0 Å². The van der Waals surface area contributed by atoms with E-state index < -0.39 is 10.0 Å². The zero-order valence-electron chi connectivity index (χ0n) is 22.0. The molecule has 0 radical (unpaired) electrons. The van der Waals surface area contributed by atoms with Crippen LogP contribution in [0.25, 0.3) is 10.2 Å². The molecule has 0 fully saturated rings. The maximum absolute atomic E-state index is 13.6. The number of aromatic nitrogens is 1. The maximum atomic E-state index is 13.6. The highest BCUT2D eigenvalue weighted by Crippen LogP contribution is 2.30. The number of sulfonamides is 1. The van der Waals surface area contributed by atoms with E-state index in [0.29, 0.717) is 36.9 Å². The monoisotopic (exact) mass is 530 g/mol. The molecule has 7 nitrogen and oxygen atoms in total. The van der Waals surface area contributed by atoms with Crippen LogP contribution >= 0.6 is 11.3 Å². The van der Waals surface area contributed by atoms with Gasteiger partial charge in [-0.25, -0.2) is 13.4 Å². The van der Waals surface area contributed by atoms with Gasteiger partial charge in [0.2, 0.25) is 10.0 Å². The van der Waals surface area contributed by atoms with Crippen molar-refractivity contribution in [2.24, 2.45) is 0 Å². The van der Waals surface area contributed by atoms with Gasteiger partial charge < -0.3 is 4.90 Å². The summed E-state index contributed by atoms with van der Waals surface area (Å²) in [5.74, 6) is -0.189. The number of benzene rings is 2. The molecule has 1 amide bonds. The quantitative estimate of drug-likeness (QED) is 0.296. The zero-order valence-corrected chi connectivity index (χ0v) is 23.7. The van der Waals surface area contributed by atoms with Gasteiger partial charge in [-0.1, -0.05) is 44.1 Å². The number of carbonyl (C=O) groups is 1. The molecule has 0 aliphatic rings. The Kier molecular flexibility index (Phi) is 10.0. The smallest absolute Gasteiger partial charge is 0.260 e. The SMILES string of the molecule is CCCCN(CCCC)S(=O)(=O)c1ccc(C(=O)N(CCN(C)C)c2nc3ccc(C)cc3s2)cc1. The average Bonchev–Trinajstić information content (AvgIpc) is 3.26. The van der Waals surface area contributed by atoms with Gasteiger partial charge in [0.1, 0.15) is 0 Å². The summed E-state index contributed by atoms with van der Waals surface area (Å²) in [5, 5.41) is 0.643.